The highest BCUT2D eigenvalue weighted by atomic mass is 79.9. The molecular weight excluding hydrogens is 476 g/mol. The Kier molecular flexibility index (Phi) is 5.14. The van der Waals surface area contributed by atoms with Gasteiger partial charge < -0.3 is 14.4 Å². The highest BCUT2D eigenvalue weighted by Gasteiger charge is 2.42. The van der Waals surface area contributed by atoms with Crippen LogP contribution >= 0.6 is 39.9 Å². The number of thioether (sulfide) groups is 1. The van der Waals surface area contributed by atoms with E-state index in [0.29, 0.717) is 37.5 Å². The molecule has 0 aromatic heterocycles. The number of hydrogen-bond acceptors (Lipinski definition) is 6. The zero-order valence-electron chi connectivity index (χ0n) is 15.7. The van der Waals surface area contributed by atoms with E-state index < -0.39 is 0 Å². The molecule has 0 aliphatic carbocycles. The summed E-state index contributed by atoms with van der Waals surface area (Å²) in [5.74, 6) is 0.437. The lowest BCUT2D eigenvalue weighted by molar-refractivity contribution is -0.115. The Morgan fingerprint density at radius 2 is 1.76 bits per heavy atom. The van der Waals surface area contributed by atoms with Crippen molar-refractivity contribution in [3.05, 3.63) is 51.3 Å². The second-order valence-electron chi connectivity index (χ2n) is 6.28. The number of ether oxygens (including phenoxy) is 2. The molecule has 0 bridgehead atoms. The molecule has 0 atom stereocenters. The Bertz CT molecular complexity index is 1120. The lowest BCUT2D eigenvalue weighted by Crippen LogP contribution is -2.29. The second-order valence-corrected chi connectivity index (χ2v) is 8.84. The fourth-order valence-electron chi connectivity index (χ4n) is 3.31. The van der Waals surface area contributed by atoms with Gasteiger partial charge in [0.15, 0.2) is 4.32 Å². The van der Waals surface area contributed by atoms with Gasteiger partial charge in [-0.15, -0.1) is 0 Å². The van der Waals surface area contributed by atoms with E-state index >= 15 is 0 Å². The predicted octanol–water partition coefficient (Wildman–Crippen LogP) is 4.22. The smallest absolute Gasteiger partial charge is 0.271 e. The zero-order valence-corrected chi connectivity index (χ0v) is 18.9. The summed E-state index contributed by atoms with van der Waals surface area (Å²) in [5, 5.41) is 0. The molecule has 9 heteroatoms. The third-order valence-corrected chi connectivity index (χ3v) is 6.60. The van der Waals surface area contributed by atoms with Gasteiger partial charge >= 0.3 is 0 Å². The molecule has 2 aliphatic heterocycles. The summed E-state index contributed by atoms with van der Waals surface area (Å²) in [5.41, 5.74) is 2.27. The number of methoxy groups -OCH3 is 2. The molecule has 0 unspecified atom stereocenters. The molecule has 1 saturated heterocycles. The van der Waals surface area contributed by atoms with Gasteiger partial charge in [0.25, 0.3) is 11.8 Å². The number of rotatable bonds is 3. The molecule has 2 aromatic carbocycles. The first-order chi connectivity index (χ1) is 13.9. The van der Waals surface area contributed by atoms with Gasteiger partial charge in [-0.1, -0.05) is 39.9 Å². The van der Waals surface area contributed by atoms with E-state index in [0.717, 1.165) is 21.9 Å². The standard InChI is InChI=1S/C20H15BrN2O4S2/c1-22-13-6-4-10(21)8-12(13)16(18(22)24)17-19(25)23(20(28)29-17)14-9-11(26-2)5-7-15(14)27-3/h4-9H,1-3H3. The zero-order chi connectivity index (χ0) is 20.9. The van der Waals surface area contributed by atoms with Crippen LogP contribution in [0.1, 0.15) is 5.56 Å². The minimum Gasteiger partial charge on any atom is -0.497 e. The monoisotopic (exact) mass is 490 g/mol. The van der Waals surface area contributed by atoms with Gasteiger partial charge in [0.2, 0.25) is 0 Å². The Morgan fingerprint density at radius 3 is 2.45 bits per heavy atom. The van der Waals surface area contributed by atoms with Crippen LogP contribution in [0.25, 0.3) is 5.57 Å². The molecule has 0 N–H and O–H groups in total. The molecule has 1 fully saturated rings. The van der Waals surface area contributed by atoms with Crippen LogP contribution < -0.4 is 19.3 Å². The largest absolute Gasteiger partial charge is 0.497 e. The van der Waals surface area contributed by atoms with Gasteiger partial charge in [-0.2, -0.15) is 0 Å². The molecule has 4 rings (SSSR count). The van der Waals surface area contributed by atoms with E-state index in [1.54, 1.807) is 32.4 Å². The molecule has 0 radical (unpaired) electrons. The molecule has 148 valence electrons. The molecule has 0 spiro atoms. The number of hydrogen-bond donors (Lipinski definition) is 0. The third kappa shape index (κ3) is 3.13. The van der Waals surface area contributed by atoms with Gasteiger partial charge in [0, 0.05) is 23.2 Å². The normalized spacial score (nSPS) is 18.6. The van der Waals surface area contributed by atoms with Crippen molar-refractivity contribution in [2.75, 3.05) is 31.1 Å². The summed E-state index contributed by atoms with van der Waals surface area (Å²) in [4.78, 5) is 29.6. The van der Waals surface area contributed by atoms with Crippen LogP contribution in [-0.4, -0.2) is 37.4 Å². The molecule has 2 amide bonds. The van der Waals surface area contributed by atoms with E-state index in [4.69, 9.17) is 21.7 Å². The molecule has 6 nitrogen and oxygen atoms in total. The van der Waals surface area contributed by atoms with Gasteiger partial charge in [0.1, 0.15) is 11.5 Å². The molecule has 29 heavy (non-hydrogen) atoms. The highest BCUT2D eigenvalue weighted by molar-refractivity contribution is 9.10. The van der Waals surface area contributed by atoms with Crippen molar-refractivity contribution >= 4 is 73.0 Å². The number of fused-ring (bicyclic) bond motifs is 1. The lowest BCUT2D eigenvalue weighted by Gasteiger charge is -2.18. The van der Waals surface area contributed by atoms with E-state index in [2.05, 4.69) is 15.9 Å². The van der Waals surface area contributed by atoms with Crippen molar-refractivity contribution in [2.24, 2.45) is 0 Å². The maximum atomic E-state index is 13.4. The van der Waals surface area contributed by atoms with Crippen LogP contribution in [0.15, 0.2) is 45.8 Å². The van der Waals surface area contributed by atoms with Crippen molar-refractivity contribution < 1.29 is 19.1 Å². The minimum atomic E-state index is -0.365. The fourth-order valence-corrected chi connectivity index (χ4v) is 5.03. The van der Waals surface area contributed by atoms with Crippen molar-refractivity contribution in [2.45, 2.75) is 0 Å². The Morgan fingerprint density at radius 1 is 1.00 bits per heavy atom. The summed E-state index contributed by atoms with van der Waals surface area (Å²) in [6.45, 7) is 0. The molecule has 2 aromatic rings. The van der Waals surface area contributed by atoms with E-state index in [1.807, 2.05) is 18.2 Å². The van der Waals surface area contributed by atoms with Crippen LogP contribution in [0.2, 0.25) is 0 Å². The number of carbonyl (C=O) groups is 2. The Labute approximate surface area is 185 Å². The maximum absolute atomic E-state index is 13.4. The summed E-state index contributed by atoms with van der Waals surface area (Å²) >= 11 is 10.0. The van der Waals surface area contributed by atoms with Crippen molar-refractivity contribution in [3.8, 4) is 11.5 Å². The SMILES string of the molecule is COc1ccc(OC)c(N2C(=O)C(=C3C(=O)N(C)c4ccc(Br)cc43)SC2=S)c1. The van der Waals surface area contributed by atoms with Crippen LogP contribution in [0, 0.1) is 0 Å². The highest BCUT2D eigenvalue weighted by Crippen LogP contribution is 2.47. The number of carbonyl (C=O) groups excluding carboxylic acids is 2. The first-order valence-electron chi connectivity index (χ1n) is 8.48. The van der Waals surface area contributed by atoms with Gasteiger partial charge in [0.05, 0.1) is 36.1 Å². The summed E-state index contributed by atoms with van der Waals surface area (Å²) < 4.78 is 11.8. The third-order valence-electron chi connectivity index (χ3n) is 4.73. The number of thiocarbonyl (C=S) groups is 1. The fraction of sp³-hybridized carbons (Fsp3) is 0.150. The first kappa shape index (κ1) is 19.9. The lowest BCUT2D eigenvalue weighted by atomic mass is 10.1. The number of anilines is 2. The quantitative estimate of drug-likeness (QED) is 0.474. The topological polar surface area (TPSA) is 59.1 Å². The van der Waals surface area contributed by atoms with Crippen molar-refractivity contribution in [1.29, 1.82) is 0 Å². The minimum absolute atomic E-state index is 0.240. The van der Waals surface area contributed by atoms with Crippen LogP contribution in [0.4, 0.5) is 11.4 Å². The number of benzene rings is 2. The van der Waals surface area contributed by atoms with Gasteiger partial charge in [-0.25, -0.2) is 0 Å². The molecule has 0 saturated carbocycles. The average Bonchev–Trinajstić information content (AvgIpc) is 3.13. The molecular formula is C20H15BrN2O4S2. The predicted molar refractivity (Wildman–Crippen MR) is 122 cm³/mol. The Balaban J connectivity index is 1.87. The summed E-state index contributed by atoms with van der Waals surface area (Å²) in [7, 11) is 4.75. The average molecular weight is 491 g/mol. The number of nitrogens with zero attached hydrogens (tertiary/aromatic N) is 2. The van der Waals surface area contributed by atoms with Gasteiger partial charge in [-0.05, 0) is 30.3 Å². The van der Waals surface area contributed by atoms with Crippen molar-refractivity contribution in [1.82, 2.24) is 0 Å². The van der Waals surface area contributed by atoms with E-state index in [1.165, 1.54) is 16.9 Å². The summed E-state index contributed by atoms with van der Waals surface area (Å²) in [6, 6.07) is 10.7. The summed E-state index contributed by atoms with van der Waals surface area (Å²) in [6.07, 6.45) is 0. The molecule has 2 aliphatic rings. The van der Waals surface area contributed by atoms with Crippen LogP contribution in [-0.2, 0) is 9.59 Å². The molecule has 2 heterocycles. The van der Waals surface area contributed by atoms with E-state index in [-0.39, 0.29) is 11.8 Å². The van der Waals surface area contributed by atoms with E-state index in [9.17, 15) is 9.59 Å². The van der Waals surface area contributed by atoms with Crippen LogP contribution in [0.5, 0.6) is 11.5 Å². The first-order valence-corrected chi connectivity index (χ1v) is 10.5. The second kappa shape index (κ2) is 7.47. The van der Waals surface area contributed by atoms with Crippen LogP contribution in [0.3, 0.4) is 0 Å². The number of amides is 2. The Hall–Kier alpha value is -2.36. The van der Waals surface area contributed by atoms with Gasteiger partial charge in [-0.3, -0.25) is 14.5 Å². The number of likely N-dealkylation sites (N-methyl/N-ethyl adjacent to an activating group) is 1. The maximum Gasteiger partial charge on any atom is 0.271 e. The number of halogens is 1. The van der Waals surface area contributed by atoms with Crippen molar-refractivity contribution in [3.63, 3.8) is 0 Å².